The van der Waals surface area contributed by atoms with Gasteiger partial charge in [-0.25, -0.2) is 4.98 Å². The van der Waals surface area contributed by atoms with Crippen LogP contribution in [0.5, 0.6) is 0 Å². The van der Waals surface area contributed by atoms with Gasteiger partial charge in [0.05, 0.1) is 5.56 Å². The third-order valence-electron chi connectivity index (χ3n) is 2.66. The molecule has 0 saturated heterocycles. The first-order chi connectivity index (χ1) is 6.90. The van der Waals surface area contributed by atoms with Crippen LogP contribution in [0.15, 0.2) is 18.3 Å². The number of nitrogens with zero attached hydrogens (tertiary/aromatic N) is 1. The van der Waals surface area contributed by atoms with E-state index in [2.05, 4.69) is 16.2 Å². The molecule has 0 aliphatic heterocycles. The number of hydrogen-bond donors (Lipinski definition) is 1. The maximum atomic E-state index is 5.39. The van der Waals surface area contributed by atoms with Crippen molar-refractivity contribution in [3.8, 4) is 12.3 Å². The van der Waals surface area contributed by atoms with Gasteiger partial charge in [-0.3, -0.25) is 0 Å². The zero-order valence-corrected chi connectivity index (χ0v) is 8.16. The van der Waals surface area contributed by atoms with Crippen LogP contribution >= 0.6 is 0 Å². The molecule has 1 fully saturated rings. The summed E-state index contributed by atoms with van der Waals surface area (Å²) in [5.74, 6) is 3.51. The van der Waals surface area contributed by atoms with Gasteiger partial charge in [0.15, 0.2) is 0 Å². The van der Waals surface area contributed by atoms with E-state index in [4.69, 9.17) is 6.42 Å². The summed E-state index contributed by atoms with van der Waals surface area (Å²) in [4.78, 5) is 4.26. The van der Waals surface area contributed by atoms with Crippen molar-refractivity contribution in [2.24, 2.45) is 0 Å². The van der Waals surface area contributed by atoms with Gasteiger partial charge in [-0.2, -0.15) is 0 Å². The third kappa shape index (κ3) is 1.88. The lowest BCUT2D eigenvalue weighted by molar-refractivity contribution is 0.750. The van der Waals surface area contributed by atoms with E-state index in [9.17, 15) is 0 Å². The van der Waals surface area contributed by atoms with E-state index in [-0.39, 0.29) is 0 Å². The SMILES string of the molecule is C#Cc1cccnc1NC1CCCC1. The van der Waals surface area contributed by atoms with Gasteiger partial charge in [-0.15, -0.1) is 6.42 Å². The molecule has 2 heteroatoms. The largest absolute Gasteiger partial charge is 0.366 e. The first kappa shape index (κ1) is 9.08. The second-order valence-corrected chi connectivity index (χ2v) is 3.67. The van der Waals surface area contributed by atoms with Crippen LogP contribution in [0.2, 0.25) is 0 Å². The van der Waals surface area contributed by atoms with Crippen molar-refractivity contribution in [3.05, 3.63) is 23.9 Å². The predicted molar refractivity (Wildman–Crippen MR) is 58.1 cm³/mol. The quantitative estimate of drug-likeness (QED) is 0.717. The van der Waals surface area contributed by atoms with Crippen LogP contribution in [-0.2, 0) is 0 Å². The van der Waals surface area contributed by atoms with Crippen molar-refractivity contribution in [1.82, 2.24) is 4.98 Å². The number of anilines is 1. The molecule has 1 aromatic heterocycles. The first-order valence-corrected chi connectivity index (χ1v) is 5.08. The molecule has 1 aliphatic carbocycles. The lowest BCUT2D eigenvalue weighted by Crippen LogP contribution is -2.16. The number of rotatable bonds is 2. The Labute approximate surface area is 84.7 Å². The van der Waals surface area contributed by atoms with Crippen LogP contribution in [-0.4, -0.2) is 11.0 Å². The van der Waals surface area contributed by atoms with E-state index in [1.807, 2.05) is 12.1 Å². The fourth-order valence-electron chi connectivity index (χ4n) is 1.90. The van der Waals surface area contributed by atoms with Crippen LogP contribution in [0.1, 0.15) is 31.2 Å². The van der Waals surface area contributed by atoms with Crippen molar-refractivity contribution in [3.63, 3.8) is 0 Å². The van der Waals surface area contributed by atoms with Crippen molar-refractivity contribution in [1.29, 1.82) is 0 Å². The molecule has 0 spiro atoms. The van der Waals surface area contributed by atoms with Crippen LogP contribution < -0.4 is 5.32 Å². The molecule has 1 heterocycles. The summed E-state index contributed by atoms with van der Waals surface area (Å²) in [5.41, 5.74) is 0.861. The Morgan fingerprint density at radius 1 is 1.43 bits per heavy atom. The summed E-state index contributed by atoms with van der Waals surface area (Å²) < 4.78 is 0. The predicted octanol–water partition coefficient (Wildman–Crippen LogP) is 2.42. The molecule has 14 heavy (non-hydrogen) atoms. The summed E-state index contributed by atoms with van der Waals surface area (Å²) in [6.45, 7) is 0. The summed E-state index contributed by atoms with van der Waals surface area (Å²) in [7, 11) is 0. The van der Waals surface area contributed by atoms with Gasteiger partial charge in [0.25, 0.3) is 0 Å². The van der Waals surface area contributed by atoms with Gasteiger partial charge in [0.1, 0.15) is 5.82 Å². The van der Waals surface area contributed by atoms with Crippen LogP contribution in [0.3, 0.4) is 0 Å². The molecular weight excluding hydrogens is 172 g/mol. The zero-order valence-electron chi connectivity index (χ0n) is 8.16. The highest BCUT2D eigenvalue weighted by atomic mass is 15.0. The maximum Gasteiger partial charge on any atom is 0.141 e. The average molecular weight is 186 g/mol. The highest BCUT2D eigenvalue weighted by molar-refractivity contribution is 5.53. The Morgan fingerprint density at radius 3 is 2.93 bits per heavy atom. The lowest BCUT2D eigenvalue weighted by Gasteiger charge is -2.13. The highest BCUT2D eigenvalue weighted by Gasteiger charge is 2.15. The van der Waals surface area contributed by atoms with Gasteiger partial charge >= 0.3 is 0 Å². The van der Waals surface area contributed by atoms with E-state index >= 15 is 0 Å². The number of terminal acetylenes is 1. The molecule has 2 rings (SSSR count). The summed E-state index contributed by atoms with van der Waals surface area (Å²) in [5, 5.41) is 3.41. The summed E-state index contributed by atoms with van der Waals surface area (Å²) >= 11 is 0. The molecule has 0 unspecified atom stereocenters. The summed E-state index contributed by atoms with van der Waals surface area (Å²) in [6.07, 6.45) is 12.3. The topological polar surface area (TPSA) is 24.9 Å². The van der Waals surface area contributed by atoms with Crippen LogP contribution in [0.4, 0.5) is 5.82 Å². The molecule has 1 aliphatic rings. The zero-order chi connectivity index (χ0) is 9.80. The van der Waals surface area contributed by atoms with Gasteiger partial charge in [-0.1, -0.05) is 18.8 Å². The van der Waals surface area contributed by atoms with Crippen molar-refractivity contribution in [2.75, 3.05) is 5.32 Å². The van der Waals surface area contributed by atoms with Crippen molar-refractivity contribution < 1.29 is 0 Å². The molecule has 1 N–H and O–H groups in total. The third-order valence-corrected chi connectivity index (χ3v) is 2.66. The Kier molecular flexibility index (Phi) is 2.69. The number of hydrogen-bond acceptors (Lipinski definition) is 2. The molecular formula is C12H14N2. The minimum Gasteiger partial charge on any atom is -0.366 e. The van der Waals surface area contributed by atoms with E-state index in [0.29, 0.717) is 6.04 Å². The van der Waals surface area contributed by atoms with Gasteiger partial charge in [0.2, 0.25) is 0 Å². The number of aromatic nitrogens is 1. The summed E-state index contributed by atoms with van der Waals surface area (Å²) in [6, 6.07) is 4.36. The monoisotopic (exact) mass is 186 g/mol. The van der Waals surface area contributed by atoms with Gasteiger partial charge in [-0.05, 0) is 25.0 Å². The van der Waals surface area contributed by atoms with E-state index in [1.54, 1.807) is 6.20 Å². The highest BCUT2D eigenvalue weighted by Crippen LogP contribution is 2.22. The minimum absolute atomic E-state index is 0.567. The fourth-order valence-corrected chi connectivity index (χ4v) is 1.90. The molecule has 0 radical (unpaired) electrons. The number of nitrogens with one attached hydrogen (secondary N) is 1. The lowest BCUT2D eigenvalue weighted by atomic mass is 10.2. The second kappa shape index (κ2) is 4.15. The first-order valence-electron chi connectivity index (χ1n) is 5.08. The molecule has 1 aromatic rings. The van der Waals surface area contributed by atoms with Crippen molar-refractivity contribution in [2.45, 2.75) is 31.7 Å². The van der Waals surface area contributed by atoms with Crippen LogP contribution in [0, 0.1) is 12.3 Å². The molecule has 0 amide bonds. The van der Waals surface area contributed by atoms with Crippen molar-refractivity contribution >= 4 is 5.82 Å². The maximum absolute atomic E-state index is 5.39. The smallest absolute Gasteiger partial charge is 0.141 e. The Bertz CT molecular complexity index is 346. The van der Waals surface area contributed by atoms with Gasteiger partial charge < -0.3 is 5.32 Å². The fraction of sp³-hybridized carbons (Fsp3) is 0.417. The molecule has 0 bridgehead atoms. The molecule has 0 aromatic carbocycles. The minimum atomic E-state index is 0.567. The van der Waals surface area contributed by atoms with E-state index < -0.39 is 0 Å². The Hall–Kier alpha value is -1.49. The molecule has 72 valence electrons. The molecule has 1 saturated carbocycles. The van der Waals surface area contributed by atoms with Gasteiger partial charge in [0, 0.05) is 12.2 Å². The second-order valence-electron chi connectivity index (χ2n) is 3.67. The molecule has 2 nitrogen and oxygen atoms in total. The van der Waals surface area contributed by atoms with Crippen LogP contribution in [0.25, 0.3) is 0 Å². The number of pyridine rings is 1. The Balaban J connectivity index is 2.11. The van der Waals surface area contributed by atoms with E-state index in [1.165, 1.54) is 25.7 Å². The standard InChI is InChI=1S/C12H14N2/c1-2-10-6-5-9-13-12(10)14-11-7-3-4-8-11/h1,5-6,9,11H,3-4,7-8H2,(H,13,14). The normalized spacial score (nSPS) is 16.5. The Morgan fingerprint density at radius 2 is 2.21 bits per heavy atom. The van der Waals surface area contributed by atoms with E-state index in [0.717, 1.165) is 11.4 Å². The molecule has 0 atom stereocenters. The average Bonchev–Trinajstić information content (AvgIpc) is 2.71.